The molecule has 0 N–H and O–H groups in total. The summed E-state index contributed by atoms with van der Waals surface area (Å²) in [5.74, 6) is -6.27. The van der Waals surface area contributed by atoms with Crippen LogP contribution in [0.15, 0.2) is 24.3 Å². The van der Waals surface area contributed by atoms with Crippen LogP contribution < -0.4 is 4.90 Å². The first-order valence-electron chi connectivity index (χ1n) is 5.98. The van der Waals surface area contributed by atoms with Gasteiger partial charge in [0.05, 0.1) is 5.69 Å². The predicted octanol–water partition coefficient (Wildman–Crippen LogP) is 3.79. The Morgan fingerprint density at radius 3 is 1.68 bits per heavy atom. The molecule has 9 heteroatoms. The molecule has 122 valence electrons. The standard InChI is InChI=1S/C13H11F6NO2/c1-7(2)8-5-3-4-6-9(8)20(10(21)12(14,15)16)11(22)13(17,18)19/h3-7H,1-2H3. The van der Waals surface area contributed by atoms with Gasteiger partial charge in [-0.05, 0) is 17.5 Å². The second-order valence-corrected chi connectivity index (χ2v) is 4.65. The number of para-hydroxylation sites is 1. The third-order valence-corrected chi connectivity index (χ3v) is 2.69. The van der Waals surface area contributed by atoms with Gasteiger partial charge in [-0.2, -0.15) is 26.3 Å². The molecule has 0 aromatic heterocycles. The summed E-state index contributed by atoms with van der Waals surface area (Å²) in [7, 11) is 0. The van der Waals surface area contributed by atoms with Crippen molar-refractivity contribution in [1.29, 1.82) is 0 Å². The summed E-state index contributed by atoms with van der Waals surface area (Å²) in [6.07, 6.45) is -11.2. The van der Waals surface area contributed by atoms with Crippen molar-refractivity contribution in [2.24, 2.45) is 0 Å². The van der Waals surface area contributed by atoms with E-state index in [0.717, 1.165) is 12.1 Å². The van der Waals surface area contributed by atoms with Crippen molar-refractivity contribution in [3.8, 4) is 0 Å². The van der Waals surface area contributed by atoms with Crippen LogP contribution in [0.5, 0.6) is 0 Å². The number of anilines is 1. The highest BCUT2D eigenvalue weighted by Crippen LogP contribution is 2.33. The number of alkyl halides is 6. The topological polar surface area (TPSA) is 37.4 Å². The van der Waals surface area contributed by atoms with Crippen LogP contribution in [0.4, 0.5) is 32.0 Å². The Hall–Kier alpha value is -2.06. The van der Waals surface area contributed by atoms with Crippen LogP contribution in [-0.4, -0.2) is 24.2 Å². The Kier molecular flexibility index (Phi) is 4.89. The summed E-state index contributed by atoms with van der Waals surface area (Å²) in [4.78, 5) is 21.8. The van der Waals surface area contributed by atoms with E-state index in [4.69, 9.17) is 0 Å². The lowest BCUT2D eigenvalue weighted by Gasteiger charge is -2.26. The lowest BCUT2D eigenvalue weighted by Crippen LogP contribution is -2.50. The lowest BCUT2D eigenvalue weighted by molar-refractivity contribution is -0.181. The van der Waals surface area contributed by atoms with E-state index in [1.807, 2.05) is 0 Å². The molecule has 0 aliphatic carbocycles. The zero-order valence-electron chi connectivity index (χ0n) is 11.4. The smallest absolute Gasteiger partial charge is 0.263 e. The van der Waals surface area contributed by atoms with Crippen LogP contribution >= 0.6 is 0 Å². The van der Waals surface area contributed by atoms with Gasteiger partial charge in [0.1, 0.15) is 0 Å². The summed E-state index contributed by atoms with van der Waals surface area (Å²) < 4.78 is 75.3. The number of benzene rings is 1. The Balaban J connectivity index is 3.53. The molecule has 0 bridgehead atoms. The molecule has 0 aliphatic rings. The number of carbonyl (C=O) groups is 2. The maximum atomic E-state index is 12.6. The minimum Gasteiger partial charge on any atom is -0.263 e. The second-order valence-electron chi connectivity index (χ2n) is 4.65. The lowest BCUT2D eigenvalue weighted by atomic mass is 10.00. The van der Waals surface area contributed by atoms with E-state index in [-0.39, 0.29) is 5.56 Å². The molecular weight excluding hydrogens is 316 g/mol. The molecule has 22 heavy (non-hydrogen) atoms. The van der Waals surface area contributed by atoms with Crippen LogP contribution in [0.25, 0.3) is 0 Å². The van der Waals surface area contributed by atoms with E-state index < -0.39 is 40.7 Å². The monoisotopic (exact) mass is 327 g/mol. The summed E-state index contributed by atoms with van der Waals surface area (Å²) >= 11 is 0. The predicted molar refractivity (Wildman–Crippen MR) is 65.1 cm³/mol. The zero-order valence-corrected chi connectivity index (χ0v) is 11.4. The van der Waals surface area contributed by atoms with Gasteiger partial charge in [-0.3, -0.25) is 9.59 Å². The number of halogens is 6. The highest BCUT2D eigenvalue weighted by Gasteiger charge is 2.53. The van der Waals surface area contributed by atoms with Gasteiger partial charge in [-0.25, -0.2) is 4.90 Å². The van der Waals surface area contributed by atoms with Crippen molar-refractivity contribution in [2.45, 2.75) is 32.1 Å². The van der Waals surface area contributed by atoms with Crippen LogP contribution in [0.2, 0.25) is 0 Å². The van der Waals surface area contributed by atoms with E-state index in [9.17, 15) is 35.9 Å². The number of nitrogens with zero attached hydrogens (tertiary/aromatic N) is 1. The number of hydrogen-bond acceptors (Lipinski definition) is 2. The molecule has 2 amide bonds. The Bertz CT molecular complexity index is 551. The maximum absolute atomic E-state index is 12.6. The molecule has 1 aromatic rings. The van der Waals surface area contributed by atoms with Gasteiger partial charge >= 0.3 is 24.2 Å². The van der Waals surface area contributed by atoms with Crippen molar-refractivity contribution in [2.75, 3.05) is 4.90 Å². The minimum atomic E-state index is -5.62. The number of carbonyl (C=O) groups excluding carboxylic acids is 2. The fourth-order valence-electron chi connectivity index (χ4n) is 1.74. The van der Waals surface area contributed by atoms with Crippen molar-refractivity contribution in [3.05, 3.63) is 29.8 Å². The Labute approximate surface area is 121 Å². The highest BCUT2D eigenvalue weighted by molar-refractivity contribution is 6.18. The van der Waals surface area contributed by atoms with Gasteiger partial charge in [0.25, 0.3) is 0 Å². The van der Waals surface area contributed by atoms with Crippen molar-refractivity contribution >= 4 is 17.5 Å². The number of hydrogen-bond donors (Lipinski definition) is 0. The minimum absolute atomic E-state index is 0.0118. The van der Waals surface area contributed by atoms with Gasteiger partial charge in [0, 0.05) is 0 Å². The molecule has 0 atom stereocenters. The fourth-order valence-corrected chi connectivity index (χ4v) is 1.74. The van der Waals surface area contributed by atoms with E-state index >= 15 is 0 Å². The quantitative estimate of drug-likeness (QED) is 0.775. The molecule has 0 heterocycles. The van der Waals surface area contributed by atoms with Crippen LogP contribution in [0.3, 0.4) is 0 Å². The van der Waals surface area contributed by atoms with Crippen LogP contribution in [0, 0.1) is 0 Å². The first kappa shape index (κ1) is 18.0. The molecular formula is C13H11F6NO2. The van der Waals surface area contributed by atoms with Crippen LogP contribution in [0.1, 0.15) is 25.3 Å². The van der Waals surface area contributed by atoms with Crippen molar-refractivity contribution in [1.82, 2.24) is 0 Å². The largest absolute Gasteiger partial charge is 0.472 e. The summed E-state index contributed by atoms with van der Waals surface area (Å²) in [5, 5.41) is 0. The molecule has 0 aliphatic heterocycles. The molecule has 0 saturated heterocycles. The van der Waals surface area contributed by atoms with Gasteiger partial charge < -0.3 is 0 Å². The summed E-state index contributed by atoms with van der Waals surface area (Å²) in [6.45, 7) is 3.01. The molecule has 0 saturated carbocycles. The SMILES string of the molecule is CC(C)c1ccccc1N(C(=O)C(F)(F)F)C(=O)C(F)(F)F. The average Bonchev–Trinajstić information content (AvgIpc) is 2.37. The molecule has 3 nitrogen and oxygen atoms in total. The Morgan fingerprint density at radius 1 is 0.909 bits per heavy atom. The molecule has 1 rings (SSSR count). The first-order valence-corrected chi connectivity index (χ1v) is 5.98. The highest BCUT2D eigenvalue weighted by atomic mass is 19.4. The third kappa shape index (κ3) is 3.77. The van der Waals surface area contributed by atoms with Gasteiger partial charge in [0.15, 0.2) is 0 Å². The molecule has 0 radical (unpaired) electrons. The van der Waals surface area contributed by atoms with Crippen molar-refractivity contribution in [3.63, 3.8) is 0 Å². The van der Waals surface area contributed by atoms with Crippen LogP contribution in [-0.2, 0) is 9.59 Å². The fraction of sp³-hybridized carbons (Fsp3) is 0.385. The van der Waals surface area contributed by atoms with Gasteiger partial charge in [-0.15, -0.1) is 0 Å². The number of imide groups is 1. The van der Waals surface area contributed by atoms with Gasteiger partial charge in [0.2, 0.25) is 0 Å². The van der Waals surface area contributed by atoms with E-state index in [1.54, 1.807) is 0 Å². The molecule has 0 unspecified atom stereocenters. The van der Waals surface area contributed by atoms with E-state index in [1.165, 1.54) is 26.0 Å². The third-order valence-electron chi connectivity index (χ3n) is 2.69. The molecule has 1 aromatic carbocycles. The number of amides is 2. The summed E-state index contributed by atoms with van der Waals surface area (Å²) in [6, 6.07) is 4.64. The average molecular weight is 327 g/mol. The Morgan fingerprint density at radius 2 is 1.32 bits per heavy atom. The summed E-state index contributed by atoms with van der Waals surface area (Å²) in [5.41, 5.74) is -0.722. The maximum Gasteiger partial charge on any atom is 0.472 e. The van der Waals surface area contributed by atoms with Crippen molar-refractivity contribution < 1.29 is 35.9 Å². The first-order chi connectivity index (χ1) is 9.87. The molecule has 0 fully saturated rings. The number of rotatable bonds is 2. The van der Waals surface area contributed by atoms with Gasteiger partial charge in [-0.1, -0.05) is 32.0 Å². The van der Waals surface area contributed by atoms with E-state index in [0.29, 0.717) is 0 Å². The zero-order chi connectivity index (χ0) is 17.3. The normalized spacial score (nSPS) is 12.4. The molecule has 0 spiro atoms. The van der Waals surface area contributed by atoms with E-state index in [2.05, 4.69) is 0 Å². The second kappa shape index (κ2) is 5.98.